The van der Waals surface area contributed by atoms with Crippen molar-refractivity contribution in [1.29, 1.82) is 0 Å². The SMILES string of the molecule is C[C@H](C(=O)O)c1ccc(CC(C(=O)O)C2CCCCC2)c(Cl)c1. The van der Waals surface area contributed by atoms with Gasteiger partial charge in [0.25, 0.3) is 0 Å². The average Bonchev–Trinajstić information content (AvgIpc) is 2.53. The van der Waals surface area contributed by atoms with Crippen LogP contribution in [0.5, 0.6) is 0 Å². The van der Waals surface area contributed by atoms with Gasteiger partial charge in [-0.3, -0.25) is 9.59 Å². The van der Waals surface area contributed by atoms with Crippen LogP contribution in [0, 0.1) is 11.8 Å². The summed E-state index contributed by atoms with van der Waals surface area (Å²) in [5, 5.41) is 19.1. The number of hydrogen-bond donors (Lipinski definition) is 2. The molecule has 1 aromatic carbocycles. The summed E-state index contributed by atoms with van der Waals surface area (Å²) in [4.78, 5) is 22.7. The highest BCUT2D eigenvalue weighted by atomic mass is 35.5. The first kappa shape index (κ1) is 17.8. The van der Waals surface area contributed by atoms with Gasteiger partial charge >= 0.3 is 11.9 Å². The summed E-state index contributed by atoms with van der Waals surface area (Å²) in [7, 11) is 0. The maximum absolute atomic E-state index is 11.7. The molecule has 126 valence electrons. The number of rotatable bonds is 6. The van der Waals surface area contributed by atoms with Crippen molar-refractivity contribution in [3.63, 3.8) is 0 Å². The van der Waals surface area contributed by atoms with Gasteiger partial charge in [0.05, 0.1) is 11.8 Å². The minimum atomic E-state index is -0.903. The zero-order valence-corrected chi connectivity index (χ0v) is 14.1. The van der Waals surface area contributed by atoms with Crippen molar-refractivity contribution >= 4 is 23.5 Å². The monoisotopic (exact) mass is 338 g/mol. The van der Waals surface area contributed by atoms with Crippen molar-refractivity contribution in [2.75, 3.05) is 0 Å². The fourth-order valence-corrected chi connectivity index (χ4v) is 3.64. The van der Waals surface area contributed by atoms with E-state index in [1.807, 2.05) is 0 Å². The summed E-state index contributed by atoms with van der Waals surface area (Å²) in [6.45, 7) is 1.61. The Morgan fingerprint density at radius 2 is 1.83 bits per heavy atom. The topological polar surface area (TPSA) is 74.6 Å². The quantitative estimate of drug-likeness (QED) is 0.808. The van der Waals surface area contributed by atoms with Gasteiger partial charge in [-0.05, 0) is 49.3 Å². The van der Waals surface area contributed by atoms with E-state index in [2.05, 4.69) is 0 Å². The van der Waals surface area contributed by atoms with Crippen LogP contribution in [0.1, 0.15) is 56.1 Å². The molecular weight excluding hydrogens is 316 g/mol. The third-order valence-corrected chi connectivity index (χ3v) is 5.28. The van der Waals surface area contributed by atoms with Crippen LogP contribution in [0.2, 0.25) is 5.02 Å². The van der Waals surface area contributed by atoms with E-state index in [1.54, 1.807) is 25.1 Å². The van der Waals surface area contributed by atoms with Crippen LogP contribution in [0.4, 0.5) is 0 Å². The first-order valence-corrected chi connectivity index (χ1v) is 8.52. The lowest BCUT2D eigenvalue weighted by atomic mass is 9.77. The van der Waals surface area contributed by atoms with Gasteiger partial charge in [0.2, 0.25) is 0 Å². The highest BCUT2D eigenvalue weighted by molar-refractivity contribution is 6.31. The standard InChI is InChI=1S/C18H23ClO4/c1-11(17(20)21)13-7-8-14(16(19)10-13)9-15(18(22)23)12-5-3-2-4-6-12/h7-8,10-12,15H,2-6,9H2,1H3,(H,20,21)(H,22,23)/t11-,15?/m0/s1. The van der Waals surface area contributed by atoms with E-state index < -0.39 is 23.8 Å². The Labute approximate surface area is 141 Å². The molecule has 0 saturated heterocycles. The number of benzene rings is 1. The summed E-state index contributed by atoms with van der Waals surface area (Å²) < 4.78 is 0. The molecule has 1 aromatic rings. The predicted molar refractivity (Wildman–Crippen MR) is 88.9 cm³/mol. The number of halogens is 1. The van der Waals surface area contributed by atoms with E-state index in [0.29, 0.717) is 17.0 Å². The van der Waals surface area contributed by atoms with Crippen molar-refractivity contribution in [2.45, 2.75) is 51.4 Å². The zero-order chi connectivity index (χ0) is 17.0. The van der Waals surface area contributed by atoms with Gasteiger partial charge in [0, 0.05) is 5.02 Å². The lowest BCUT2D eigenvalue weighted by Crippen LogP contribution is -2.27. The number of hydrogen-bond acceptors (Lipinski definition) is 2. The largest absolute Gasteiger partial charge is 0.481 e. The van der Waals surface area contributed by atoms with Crippen LogP contribution in [0.3, 0.4) is 0 Å². The highest BCUT2D eigenvalue weighted by Gasteiger charge is 2.30. The van der Waals surface area contributed by atoms with E-state index in [4.69, 9.17) is 16.7 Å². The minimum absolute atomic E-state index is 0.204. The summed E-state index contributed by atoms with van der Waals surface area (Å²) in [6.07, 6.45) is 5.70. The van der Waals surface area contributed by atoms with Crippen LogP contribution < -0.4 is 0 Å². The van der Waals surface area contributed by atoms with Crippen molar-refractivity contribution in [3.05, 3.63) is 34.3 Å². The maximum Gasteiger partial charge on any atom is 0.310 e. The van der Waals surface area contributed by atoms with Gasteiger partial charge in [0.15, 0.2) is 0 Å². The molecule has 4 nitrogen and oxygen atoms in total. The predicted octanol–water partition coefficient (Wildman–Crippen LogP) is 4.35. The second-order valence-corrected chi connectivity index (χ2v) is 6.86. The molecule has 0 spiro atoms. The van der Waals surface area contributed by atoms with Gasteiger partial charge in [-0.25, -0.2) is 0 Å². The fourth-order valence-electron chi connectivity index (χ4n) is 3.37. The average molecular weight is 339 g/mol. The molecule has 0 heterocycles. The normalized spacial score (nSPS) is 18.3. The second-order valence-electron chi connectivity index (χ2n) is 6.46. The first-order valence-electron chi connectivity index (χ1n) is 8.14. The zero-order valence-electron chi connectivity index (χ0n) is 13.3. The van der Waals surface area contributed by atoms with E-state index in [9.17, 15) is 14.7 Å². The van der Waals surface area contributed by atoms with Crippen molar-refractivity contribution in [1.82, 2.24) is 0 Å². The molecule has 1 aliphatic carbocycles. The summed E-state index contributed by atoms with van der Waals surface area (Å²) in [5.74, 6) is -2.52. The lowest BCUT2D eigenvalue weighted by Gasteiger charge is -2.27. The molecule has 23 heavy (non-hydrogen) atoms. The number of aliphatic carboxylic acids is 2. The maximum atomic E-state index is 11.7. The van der Waals surface area contributed by atoms with Crippen LogP contribution >= 0.6 is 11.6 Å². The first-order chi connectivity index (χ1) is 10.9. The van der Waals surface area contributed by atoms with E-state index in [1.165, 1.54) is 6.42 Å². The Bertz CT molecular complexity index is 578. The fraction of sp³-hybridized carbons (Fsp3) is 0.556. The number of carboxylic acids is 2. The van der Waals surface area contributed by atoms with Gasteiger partial charge < -0.3 is 10.2 Å². The molecule has 0 amide bonds. The summed E-state index contributed by atoms with van der Waals surface area (Å²) in [6, 6.07) is 5.16. The van der Waals surface area contributed by atoms with E-state index >= 15 is 0 Å². The van der Waals surface area contributed by atoms with E-state index in [-0.39, 0.29) is 5.92 Å². The Balaban J connectivity index is 2.16. The van der Waals surface area contributed by atoms with Gasteiger partial charge in [-0.2, -0.15) is 0 Å². The molecule has 5 heteroatoms. The smallest absolute Gasteiger partial charge is 0.310 e. The Morgan fingerprint density at radius 1 is 1.17 bits per heavy atom. The molecule has 1 saturated carbocycles. The third-order valence-electron chi connectivity index (χ3n) is 4.92. The van der Waals surface area contributed by atoms with Gasteiger partial charge in [-0.1, -0.05) is 43.0 Å². The Morgan fingerprint density at radius 3 is 2.35 bits per heavy atom. The van der Waals surface area contributed by atoms with Crippen molar-refractivity contribution in [2.24, 2.45) is 11.8 Å². The lowest BCUT2D eigenvalue weighted by molar-refractivity contribution is -0.144. The summed E-state index contributed by atoms with van der Waals surface area (Å²) in [5.41, 5.74) is 1.42. The van der Waals surface area contributed by atoms with E-state index in [0.717, 1.165) is 31.2 Å². The Hall–Kier alpha value is -1.55. The molecule has 1 fully saturated rings. The molecule has 0 radical (unpaired) electrons. The molecule has 2 N–H and O–H groups in total. The molecule has 0 aromatic heterocycles. The number of carbonyl (C=O) groups is 2. The van der Waals surface area contributed by atoms with Gasteiger partial charge in [-0.15, -0.1) is 0 Å². The van der Waals surface area contributed by atoms with Crippen molar-refractivity contribution < 1.29 is 19.8 Å². The second kappa shape index (κ2) is 7.82. The van der Waals surface area contributed by atoms with Crippen molar-refractivity contribution in [3.8, 4) is 0 Å². The van der Waals surface area contributed by atoms with Crippen LogP contribution in [0.25, 0.3) is 0 Å². The molecule has 2 atom stereocenters. The molecule has 0 bridgehead atoms. The molecular formula is C18H23ClO4. The van der Waals surface area contributed by atoms with Crippen LogP contribution in [0.15, 0.2) is 18.2 Å². The Kier molecular flexibility index (Phi) is 6.05. The van der Waals surface area contributed by atoms with Crippen LogP contribution in [-0.2, 0) is 16.0 Å². The van der Waals surface area contributed by atoms with Crippen LogP contribution in [-0.4, -0.2) is 22.2 Å². The summed E-state index contributed by atoms with van der Waals surface area (Å²) >= 11 is 6.28. The molecule has 0 aliphatic heterocycles. The third kappa shape index (κ3) is 4.47. The minimum Gasteiger partial charge on any atom is -0.481 e. The van der Waals surface area contributed by atoms with Gasteiger partial charge in [0.1, 0.15) is 0 Å². The highest BCUT2D eigenvalue weighted by Crippen LogP contribution is 2.34. The molecule has 2 rings (SSSR count). The molecule has 1 unspecified atom stereocenters. The molecule has 1 aliphatic rings. The number of carboxylic acid groups (broad SMARTS) is 2.